The number of anilines is 2. The second-order valence-electron chi connectivity index (χ2n) is 8.68. The SMILES string of the molecule is CC.CC/C=C(\CCCNC(=O)c1ccc(NCc2cnc3nc(N)[nH]c(=O)c3n2)cc1)OC(C)CCC.O=CO. The monoisotopic (exact) mass is 569 g/mol. The van der Waals surface area contributed by atoms with Gasteiger partial charge in [0.1, 0.15) is 0 Å². The molecule has 0 radical (unpaired) electrons. The van der Waals surface area contributed by atoms with Crippen LogP contribution in [-0.4, -0.2) is 50.1 Å². The minimum absolute atomic E-state index is 0.000872. The van der Waals surface area contributed by atoms with Gasteiger partial charge in [0.2, 0.25) is 5.95 Å². The molecule has 0 aliphatic carbocycles. The van der Waals surface area contributed by atoms with Crippen LogP contribution in [0.2, 0.25) is 0 Å². The van der Waals surface area contributed by atoms with Crippen molar-refractivity contribution >= 4 is 35.2 Å². The number of nitrogen functional groups attached to an aromatic ring is 1. The molecule has 3 aromatic rings. The number of allylic oxidation sites excluding steroid dienone is 2. The van der Waals surface area contributed by atoms with Crippen LogP contribution in [-0.2, 0) is 16.1 Å². The first-order valence-corrected chi connectivity index (χ1v) is 13.9. The summed E-state index contributed by atoms with van der Waals surface area (Å²) in [5.74, 6) is 0.888. The summed E-state index contributed by atoms with van der Waals surface area (Å²) in [5.41, 5.74) is 7.40. The molecule has 6 N–H and O–H groups in total. The van der Waals surface area contributed by atoms with Gasteiger partial charge in [-0.15, -0.1) is 0 Å². The number of nitrogens with one attached hydrogen (secondary N) is 3. The number of H-pyrrole nitrogens is 1. The maximum atomic E-state index is 12.5. The van der Waals surface area contributed by atoms with Gasteiger partial charge in [-0.2, -0.15) is 4.98 Å². The number of hydrogen-bond donors (Lipinski definition) is 5. The van der Waals surface area contributed by atoms with Crippen LogP contribution in [0.15, 0.2) is 47.1 Å². The summed E-state index contributed by atoms with van der Waals surface area (Å²) >= 11 is 0. The number of amides is 1. The van der Waals surface area contributed by atoms with Crippen molar-refractivity contribution in [2.24, 2.45) is 0 Å². The van der Waals surface area contributed by atoms with Gasteiger partial charge in [-0.05, 0) is 56.5 Å². The standard InChI is InChI=1S/C26H35N7O3.C2H6.CH2O2/c1-4-7-17(3)36-21(8-5-2)9-6-14-28-24(34)18-10-12-19(13-11-18)29-15-20-16-30-23-22(31-20)25(35)33-26(27)32-23;1-2;2-1-3/h8,10-13,16-17,29H,4-7,9,14-15H2,1-3H3,(H,28,34)(H3,27,30,32,33,35);1-2H3;1H,(H,2,3)/b21-8+;;. The molecule has 0 fully saturated rings. The van der Waals surface area contributed by atoms with Crippen LogP contribution in [0.4, 0.5) is 11.6 Å². The molecule has 0 aliphatic heterocycles. The Morgan fingerprint density at radius 1 is 1.20 bits per heavy atom. The molecule has 3 rings (SSSR count). The number of benzene rings is 1. The van der Waals surface area contributed by atoms with Crippen molar-refractivity contribution in [3.8, 4) is 0 Å². The van der Waals surface area contributed by atoms with E-state index in [1.54, 1.807) is 18.3 Å². The highest BCUT2D eigenvalue weighted by Crippen LogP contribution is 2.15. The van der Waals surface area contributed by atoms with Crippen LogP contribution in [0.5, 0.6) is 0 Å². The van der Waals surface area contributed by atoms with Gasteiger partial charge in [0, 0.05) is 24.2 Å². The van der Waals surface area contributed by atoms with Crippen molar-refractivity contribution in [3.05, 3.63) is 63.9 Å². The molecule has 1 unspecified atom stereocenters. The number of ether oxygens (including phenoxy) is 1. The van der Waals surface area contributed by atoms with Gasteiger partial charge in [-0.25, -0.2) is 9.97 Å². The molecule has 2 heterocycles. The number of fused-ring (bicyclic) bond motifs is 1. The van der Waals surface area contributed by atoms with Crippen molar-refractivity contribution < 1.29 is 19.4 Å². The van der Waals surface area contributed by atoms with E-state index in [9.17, 15) is 9.59 Å². The van der Waals surface area contributed by atoms with Gasteiger partial charge in [0.05, 0.1) is 30.3 Å². The van der Waals surface area contributed by atoms with Gasteiger partial charge >= 0.3 is 0 Å². The molecule has 12 heteroatoms. The van der Waals surface area contributed by atoms with Crippen molar-refractivity contribution in [2.75, 3.05) is 17.6 Å². The Morgan fingerprint density at radius 2 is 1.88 bits per heavy atom. The third-order valence-electron chi connectivity index (χ3n) is 5.47. The average molecular weight is 570 g/mol. The molecule has 41 heavy (non-hydrogen) atoms. The van der Waals surface area contributed by atoms with E-state index in [1.807, 2.05) is 26.0 Å². The average Bonchev–Trinajstić information content (AvgIpc) is 2.96. The molecule has 1 amide bonds. The van der Waals surface area contributed by atoms with E-state index >= 15 is 0 Å². The van der Waals surface area contributed by atoms with Crippen molar-refractivity contribution in [1.29, 1.82) is 0 Å². The summed E-state index contributed by atoms with van der Waals surface area (Å²) in [5, 5.41) is 13.1. The minimum Gasteiger partial charge on any atom is -0.495 e. The molecule has 0 aliphatic rings. The lowest BCUT2D eigenvalue weighted by Gasteiger charge is -2.17. The molecule has 0 saturated carbocycles. The summed E-state index contributed by atoms with van der Waals surface area (Å²) in [6.45, 7) is 11.0. The van der Waals surface area contributed by atoms with Gasteiger partial charge in [-0.1, -0.05) is 34.1 Å². The predicted molar refractivity (Wildman–Crippen MR) is 162 cm³/mol. The Kier molecular flexibility index (Phi) is 16.5. The Bertz CT molecular complexity index is 1290. The lowest BCUT2D eigenvalue weighted by Crippen LogP contribution is -2.24. The highest BCUT2D eigenvalue weighted by atomic mass is 16.5. The fourth-order valence-electron chi connectivity index (χ4n) is 3.72. The fourth-order valence-corrected chi connectivity index (χ4v) is 3.72. The van der Waals surface area contributed by atoms with E-state index in [-0.39, 0.29) is 35.6 Å². The highest BCUT2D eigenvalue weighted by Gasteiger charge is 2.09. The molecule has 0 spiro atoms. The highest BCUT2D eigenvalue weighted by molar-refractivity contribution is 5.94. The van der Waals surface area contributed by atoms with E-state index < -0.39 is 5.56 Å². The second kappa shape index (κ2) is 19.6. The number of carbonyl (C=O) groups is 2. The maximum Gasteiger partial charge on any atom is 0.290 e. The van der Waals surface area contributed by atoms with Crippen LogP contribution in [0.3, 0.4) is 0 Å². The number of hydrogen-bond acceptors (Lipinski definition) is 9. The van der Waals surface area contributed by atoms with Gasteiger partial charge in [-0.3, -0.25) is 19.4 Å². The van der Waals surface area contributed by atoms with Crippen molar-refractivity contribution in [3.63, 3.8) is 0 Å². The van der Waals surface area contributed by atoms with E-state index in [2.05, 4.69) is 57.4 Å². The van der Waals surface area contributed by atoms with Crippen LogP contribution in [0.1, 0.15) is 82.8 Å². The first-order valence-electron chi connectivity index (χ1n) is 13.9. The lowest BCUT2D eigenvalue weighted by molar-refractivity contribution is -0.122. The number of rotatable bonds is 13. The van der Waals surface area contributed by atoms with Crippen LogP contribution >= 0.6 is 0 Å². The molecule has 1 aromatic carbocycles. The van der Waals surface area contributed by atoms with E-state index in [1.165, 1.54) is 0 Å². The lowest BCUT2D eigenvalue weighted by atomic mass is 10.1. The Balaban J connectivity index is 0.00000157. The number of nitrogens with zero attached hydrogens (tertiary/aromatic N) is 3. The van der Waals surface area contributed by atoms with E-state index in [0.717, 1.165) is 43.6 Å². The first-order chi connectivity index (χ1) is 19.8. The molecule has 2 aromatic heterocycles. The van der Waals surface area contributed by atoms with Crippen LogP contribution < -0.4 is 21.9 Å². The third-order valence-corrected chi connectivity index (χ3v) is 5.47. The zero-order valence-corrected chi connectivity index (χ0v) is 24.6. The zero-order valence-electron chi connectivity index (χ0n) is 24.6. The number of carbonyl (C=O) groups excluding carboxylic acids is 1. The predicted octanol–water partition coefficient (Wildman–Crippen LogP) is 4.64. The summed E-state index contributed by atoms with van der Waals surface area (Å²) in [7, 11) is 0. The quantitative estimate of drug-likeness (QED) is 0.110. The van der Waals surface area contributed by atoms with Gasteiger partial charge < -0.3 is 26.2 Å². The summed E-state index contributed by atoms with van der Waals surface area (Å²) in [6, 6.07) is 7.17. The molecular formula is C29H43N7O5. The Hall–Kier alpha value is -4.48. The Morgan fingerprint density at radius 3 is 2.51 bits per heavy atom. The second-order valence-corrected chi connectivity index (χ2v) is 8.68. The van der Waals surface area contributed by atoms with E-state index in [4.69, 9.17) is 20.4 Å². The molecule has 224 valence electrons. The normalized spacial score (nSPS) is 11.3. The topological polar surface area (TPSA) is 185 Å². The van der Waals surface area contributed by atoms with Crippen LogP contribution in [0, 0.1) is 0 Å². The molecule has 12 nitrogen and oxygen atoms in total. The van der Waals surface area contributed by atoms with E-state index in [0.29, 0.717) is 24.3 Å². The zero-order chi connectivity index (χ0) is 30.6. The van der Waals surface area contributed by atoms with Crippen molar-refractivity contribution in [2.45, 2.75) is 79.4 Å². The minimum atomic E-state index is -0.432. The fraction of sp³-hybridized carbons (Fsp3) is 0.448. The third kappa shape index (κ3) is 12.5. The smallest absolute Gasteiger partial charge is 0.290 e. The van der Waals surface area contributed by atoms with Gasteiger partial charge in [0.25, 0.3) is 17.9 Å². The Labute approximate surface area is 240 Å². The first kappa shape index (κ1) is 34.5. The number of nitrogens with two attached hydrogens (primary N) is 1. The summed E-state index contributed by atoms with van der Waals surface area (Å²) in [6.07, 6.45) is 8.54. The van der Waals surface area contributed by atoms with Crippen molar-refractivity contribution in [1.82, 2.24) is 25.3 Å². The molecular weight excluding hydrogens is 526 g/mol. The number of aromatic nitrogens is 4. The van der Waals surface area contributed by atoms with Crippen LogP contribution in [0.25, 0.3) is 11.2 Å². The maximum absolute atomic E-state index is 12.5. The van der Waals surface area contributed by atoms with Gasteiger partial charge in [0.15, 0.2) is 11.2 Å². The molecule has 1 atom stereocenters. The molecule has 0 bridgehead atoms. The largest absolute Gasteiger partial charge is 0.495 e. The molecule has 0 saturated heterocycles. The number of carboxylic acid groups (broad SMARTS) is 1. The number of aromatic amines is 1. The summed E-state index contributed by atoms with van der Waals surface area (Å²) < 4.78 is 6.03. The summed E-state index contributed by atoms with van der Waals surface area (Å²) in [4.78, 5) is 47.7.